The number of piperazine rings is 1. The van der Waals surface area contributed by atoms with E-state index in [4.69, 9.17) is 0 Å². The van der Waals surface area contributed by atoms with Gasteiger partial charge in [0, 0.05) is 38.3 Å². The molecule has 2 heterocycles. The fourth-order valence-corrected chi connectivity index (χ4v) is 3.40. The number of hydrogen-bond donors (Lipinski definition) is 1. The van der Waals surface area contributed by atoms with E-state index in [1.54, 1.807) is 0 Å². The smallest absolute Gasteiger partial charge is 0.0476 e. The molecule has 0 radical (unpaired) electrons. The predicted molar refractivity (Wildman–Crippen MR) is 74.6 cm³/mol. The van der Waals surface area contributed by atoms with Crippen molar-refractivity contribution in [3.63, 3.8) is 0 Å². The quantitative estimate of drug-likeness (QED) is 0.844. The largest absolute Gasteiger partial charge is 0.315 e. The van der Waals surface area contributed by atoms with E-state index in [0.717, 1.165) is 13.1 Å². The van der Waals surface area contributed by atoms with Gasteiger partial charge in [0.2, 0.25) is 0 Å². The zero-order valence-electron chi connectivity index (χ0n) is 11.2. The molecule has 0 saturated carbocycles. The minimum Gasteiger partial charge on any atom is -0.315 e. The Morgan fingerprint density at radius 1 is 1.22 bits per heavy atom. The van der Waals surface area contributed by atoms with Crippen LogP contribution in [0.2, 0.25) is 0 Å². The molecule has 0 aromatic heterocycles. The average Bonchev–Trinajstić information content (AvgIpc) is 2.83. The lowest BCUT2D eigenvalue weighted by Crippen LogP contribution is -2.62. The van der Waals surface area contributed by atoms with Crippen molar-refractivity contribution < 1.29 is 0 Å². The first-order valence-corrected chi connectivity index (χ1v) is 6.97. The summed E-state index contributed by atoms with van der Waals surface area (Å²) in [7, 11) is 2.25. The van der Waals surface area contributed by atoms with Crippen LogP contribution in [0.15, 0.2) is 30.3 Å². The lowest BCUT2D eigenvalue weighted by Gasteiger charge is -2.48. The maximum atomic E-state index is 3.55. The van der Waals surface area contributed by atoms with Gasteiger partial charge in [-0.05, 0) is 25.6 Å². The van der Waals surface area contributed by atoms with Crippen molar-refractivity contribution in [3.05, 3.63) is 35.9 Å². The van der Waals surface area contributed by atoms with Gasteiger partial charge in [0.25, 0.3) is 0 Å². The number of benzene rings is 1. The molecule has 1 spiro atoms. The molecule has 3 rings (SSSR count). The maximum Gasteiger partial charge on any atom is 0.0476 e. The maximum absolute atomic E-state index is 3.55. The van der Waals surface area contributed by atoms with Gasteiger partial charge in [-0.25, -0.2) is 0 Å². The van der Waals surface area contributed by atoms with Crippen molar-refractivity contribution in [1.82, 2.24) is 15.1 Å². The molecule has 2 fully saturated rings. The molecule has 2 saturated heterocycles. The highest BCUT2D eigenvalue weighted by atomic mass is 15.3. The highest BCUT2D eigenvalue weighted by molar-refractivity contribution is 5.16. The Balaban J connectivity index is 1.77. The van der Waals surface area contributed by atoms with E-state index in [1.807, 2.05) is 0 Å². The Morgan fingerprint density at radius 3 is 2.78 bits per heavy atom. The first-order valence-electron chi connectivity index (χ1n) is 6.97. The van der Waals surface area contributed by atoms with Crippen molar-refractivity contribution in [2.45, 2.75) is 18.5 Å². The molecule has 0 aliphatic carbocycles. The van der Waals surface area contributed by atoms with E-state index >= 15 is 0 Å². The lowest BCUT2D eigenvalue weighted by molar-refractivity contribution is 0.0136. The van der Waals surface area contributed by atoms with E-state index in [0.29, 0.717) is 5.54 Å². The topological polar surface area (TPSA) is 18.5 Å². The SMILES string of the molecule is CN1CCN(Cc2ccccc2)C2(CCNC2)C1. The van der Waals surface area contributed by atoms with Crippen LogP contribution in [0.1, 0.15) is 12.0 Å². The minimum atomic E-state index is 0.364. The first-order chi connectivity index (χ1) is 8.78. The molecule has 1 unspecified atom stereocenters. The molecule has 0 amide bonds. The van der Waals surface area contributed by atoms with Crippen LogP contribution in [-0.2, 0) is 6.54 Å². The van der Waals surface area contributed by atoms with Crippen molar-refractivity contribution in [2.24, 2.45) is 0 Å². The number of likely N-dealkylation sites (N-methyl/N-ethyl adjacent to an activating group) is 1. The number of hydrogen-bond acceptors (Lipinski definition) is 3. The van der Waals surface area contributed by atoms with E-state index in [-0.39, 0.29) is 0 Å². The van der Waals surface area contributed by atoms with Gasteiger partial charge in [0.15, 0.2) is 0 Å². The van der Waals surface area contributed by atoms with Gasteiger partial charge >= 0.3 is 0 Å². The molecule has 1 aromatic rings. The Labute approximate surface area is 110 Å². The second kappa shape index (κ2) is 5.00. The van der Waals surface area contributed by atoms with E-state index in [2.05, 4.69) is 52.5 Å². The summed E-state index contributed by atoms with van der Waals surface area (Å²) >= 11 is 0. The van der Waals surface area contributed by atoms with E-state index in [1.165, 1.54) is 38.2 Å². The standard InChI is InChI=1S/C15H23N3/c1-17-9-10-18(11-14-5-3-2-4-6-14)15(13-17)7-8-16-12-15/h2-6,16H,7-13H2,1H3. The zero-order valence-corrected chi connectivity index (χ0v) is 11.2. The number of nitrogens with zero attached hydrogens (tertiary/aromatic N) is 2. The molecule has 98 valence electrons. The zero-order chi connectivity index (χ0) is 12.4. The molecular weight excluding hydrogens is 222 g/mol. The molecule has 2 aliphatic rings. The normalized spacial score (nSPS) is 30.1. The van der Waals surface area contributed by atoms with Crippen LogP contribution in [0.25, 0.3) is 0 Å². The Bertz CT molecular complexity index is 384. The van der Waals surface area contributed by atoms with Gasteiger partial charge in [0.1, 0.15) is 0 Å². The van der Waals surface area contributed by atoms with E-state index < -0.39 is 0 Å². The van der Waals surface area contributed by atoms with Crippen LogP contribution < -0.4 is 5.32 Å². The van der Waals surface area contributed by atoms with Crippen LogP contribution >= 0.6 is 0 Å². The van der Waals surface area contributed by atoms with E-state index in [9.17, 15) is 0 Å². The predicted octanol–water partition coefficient (Wildman–Crippen LogP) is 1.17. The molecule has 3 heteroatoms. The third-order valence-corrected chi connectivity index (χ3v) is 4.42. The summed E-state index contributed by atoms with van der Waals surface area (Å²) in [5, 5.41) is 3.55. The third kappa shape index (κ3) is 2.30. The summed E-state index contributed by atoms with van der Waals surface area (Å²) in [6.45, 7) is 6.98. The minimum absolute atomic E-state index is 0.364. The van der Waals surface area contributed by atoms with Crippen LogP contribution in [0.3, 0.4) is 0 Å². The van der Waals surface area contributed by atoms with Gasteiger partial charge in [-0.1, -0.05) is 30.3 Å². The second-order valence-electron chi connectivity index (χ2n) is 5.80. The van der Waals surface area contributed by atoms with Crippen LogP contribution in [-0.4, -0.2) is 55.1 Å². The summed E-state index contributed by atoms with van der Waals surface area (Å²) < 4.78 is 0. The van der Waals surface area contributed by atoms with Gasteiger partial charge in [-0.3, -0.25) is 4.90 Å². The molecule has 18 heavy (non-hydrogen) atoms. The molecule has 1 atom stereocenters. The summed E-state index contributed by atoms with van der Waals surface area (Å²) in [5.74, 6) is 0. The van der Waals surface area contributed by atoms with Gasteiger partial charge in [-0.15, -0.1) is 0 Å². The highest BCUT2D eigenvalue weighted by Crippen LogP contribution is 2.28. The van der Waals surface area contributed by atoms with Gasteiger partial charge < -0.3 is 10.2 Å². The monoisotopic (exact) mass is 245 g/mol. The van der Waals surface area contributed by atoms with Crippen molar-refractivity contribution >= 4 is 0 Å². The van der Waals surface area contributed by atoms with Gasteiger partial charge in [0.05, 0.1) is 0 Å². The summed E-state index contributed by atoms with van der Waals surface area (Å²) in [6, 6.07) is 10.9. The summed E-state index contributed by atoms with van der Waals surface area (Å²) in [5.41, 5.74) is 1.80. The molecule has 1 N–H and O–H groups in total. The Kier molecular flexibility index (Phi) is 3.37. The number of rotatable bonds is 2. The fourth-order valence-electron chi connectivity index (χ4n) is 3.40. The third-order valence-electron chi connectivity index (χ3n) is 4.42. The molecule has 3 nitrogen and oxygen atoms in total. The molecular formula is C15H23N3. The lowest BCUT2D eigenvalue weighted by atomic mass is 9.92. The summed E-state index contributed by atoms with van der Waals surface area (Å²) in [6.07, 6.45) is 1.28. The Morgan fingerprint density at radius 2 is 2.06 bits per heavy atom. The van der Waals surface area contributed by atoms with Crippen molar-refractivity contribution in [2.75, 3.05) is 39.8 Å². The van der Waals surface area contributed by atoms with Crippen LogP contribution in [0.4, 0.5) is 0 Å². The second-order valence-corrected chi connectivity index (χ2v) is 5.80. The molecule has 2 aliphatic heterocycles. The van der Waals surface area contributed by atoms with Crippen LogP contribution in [0.5, 0.6) is 0 Å². The highest BCUT2D eigenvalue weighted by Gasteiger charge is 2.42. The van der Waals surface area contributed by atoms with Crippen molar-refractivity contribution in [3.8, 4) is 0 Å². The first kappa shape index (κ1) is 12.2. The van der Waals surface area contributed by atoms with Gasteiger partial charge in [-0.2, -0.15) is 0 Å². The van der Waals surface area contributed by atoms with Crippen LogP contribution in [0, 0.1) is 0 Å². The Hall–Kier alpha value is -0.900. The molecule has 1 aromatic carbocycles. The van der Waals surface area contributed by atoms with Crippen molar-refractivity contribution in [1.29, 1.82) is 0 Å². The number of nitrogens with one attached hydrogen (secondary N) is 1. The average molecular weight is 245 g/mol. The fraction of sp³-hybridized carbons (Fsp3) is 0.600. The molecule has 0 bridgehead atoms. The summed E-state index contributed by atoms with van der Waals surface area (Å²) in [4.78, 5) is 5.18.